The van der Waals surface area contributed by atoms with Gasteiger partial charge >= 0.3 is 0 Å². The summed E-state index contributed by atoms with van der Waals surface area (Å²) < 4.78 is 25.9. The number of sulfonamides is 1. The summed E-state index contributed by atoms with van der Waals surface area (Å²) in [5, 5.41) is 0. The summed E-state index contributed by atoms with van der Waals surface area (Å²) in [5.74, 6) is -0.145. The quantitative estimate of drug-likeness (QED) is 0.797. The number of carbonyl (C=O) groups excluding carboxylic acids is 1. The van der Waals surface area contributed by atoms with Gasteiger partial charge in [0.25, 0.3) is 0 Å². The van der Waals surface area contributed by atoms with Gasteiger partial charge in [-0.3, -0.25) is 9.10 Å². The first-order chi connectivity index (χ1) is 11.2. The molecule has 0 aromatic heterocycles. The number of hydrogen-bond acceptors (Lipinski definition) is 4. The van der Waals surface area contributed by atoms with Crippen molar-refractivity contribution in [2.75, 3.05) is 43.8 Å². The van der Waals surface area contributed by atoms with Crippen LogP contribution in [-0.4, -0.2) is 69.6 Å². The van der Waals surface area contributed by atoms with E-state index in [1.54, 1.807) is 24.0 Å². The number of nitrogens with zero attached hydrogens (tertiary/aromatic N) is 3. The van der Waals surface area contributed by atoms with Crippen molar-refractivity contribution >= 4 is 21.6 Å². The number of benzene rings is 1. The summed E-state index contributed by atoms with van der Waals surface area (Å²) in [6, 6.07) is 6.60. The molecule has 0 N–H and O–H groups in total. The van der Waals surface area contributed by atoms with Gasteiger partial charge < -0.3 is 9.80 Å². The molecule has 0 spiro atoms. The van der Waals surface area contributed by atoms with Gasteiger partial charge in [0.1, 0.15) is 6.04 Å². The Morgan fingerprint density at radius 3 is 2.17 bits per heavy atom. The lowest BCUT2D eigenvalue weighted by Gasteiger charge is -2.36. The van der Waals surface area contributed by atoms with Crippen LogP contribution in [0.5, 0.6) is 0 Å². The standard InChI is InChI=1S/C17H27N3O3S/c1-5-15-6-8-16(9-7-15)20(24(4,22)23)14(2)17(21)19-12-10-18(3)11-13-19/h6-9,14H,5,10-13H2,1-4H3. The van der Waals surface area contributed by atoms with Crippen molar-refractivity contribution in [2.45, 2.75) is 26.3 Å². The Morgan fingerprint density at radius 1 is 1.17 bits per heavy atom. The summed E-state index contributed by atoms with van der Waals surface area (Å²) in [6.07, 6.45) is 2.03. The van der Waals surface area contributed by atoms with Crippen LogP contribution in [0.15, 0.2) is 24.3 Å². The molecule has 1 fully saturated rings. The number of rotatable bonds is 5. The zero-order valence-electron chi connectivity index (χ0n) is 14.9. The smallest absolute Gasteiger partial charge is 0.246 e. The molecule has 0 saturated carbocycles. The molecule has 0 bridgehead atoms. The lowest BCUT2D eigenvalue weighted by molar-refractivity contribution is -0.133. The van der Waals surface area contributed by atoms with E-state index < -0.39 is 16.1 Å². The van der Waals surface area contributed by atoms with Gasteiger partial charge in [-0.1, -0.05) is 19.1 Å². The zero-order valence-corrected chi connectivity index (χ0v) is 15.7. The number of aryl methyl sites for hydroxylation is 1. The molecule has 134 valence electrons. The molecule has 24 heavy (non-hydrogen) atoms. The molecule has 1 aliphatic heterocycles. The van der Waals surface area contributed by atoms with Crippen LogP contribution < -0.4 is 4.31 Å². The molecule has 1 amide bonds. The second kappa shape index (κ2) is 7.53. The Bertz CT molecular complexity index is 665. The van der Waals surface area contributed by atoms with E-state index in [2.05, 4.69) is 4.90 Å². The van der Waals surface area contributed by atoms with Crippen LogP contribution >= 0.6 is 0 Å². The molecule has 1 aromatic rings. The zero-order chi connectivity index (χ0) is 17.9. The largest absolute Gasteiger partial charge is 0.338 e. The first-order valence-electron chi connectivity index (χ1n) is 8.29. The number of likely N-dealkylation sites (N-methyl/N-ethyl adjacent to an activating group) is 1. The third-order valence-corrected chi connectivity index (χ3v) is 5.72. The summed E-state index contributed by atoms with van der Waals surface area (Å²) in [6.45, 7) is 6.58. The van der Waals surface area contributed by atoms with Crippen LogP contribution in [0.25, 0.3) is 0 Å². The minimum Gasteiger partial charge on any atom is -0.338 e. The molecule has 1 heterocycles. The second-order valence-corrected chi connectivity index (χ2v) is 8.24. The Hall–Kier alpha value is -1.60. The maximum atomic E-state index is 12.8. The Labute approximate surface area is 145 Å². The Balaban J connectivity index is 2.25. The summed E-state index contributed by atoms with van der Waals surface area (Å²) in [5.41, 5.74) is 1.66. The first-order valence-corrected chi connectivity index (χ1v) is 10.1. The van der Waals surface area contributed by atoms with E-state index in [0.717, 1.165) is 31.3 Å². The predicted molar refractivity (Wildman–Crippen MR) is 96.7 cm³/mol. The normalized spacial score (nSPS) is 17.6. The summed E-state index contributed by atoms with van der Waals surface area (Å²) in [4.78, 5) is 16.7. The summed E-state index contributed by atoms with van der Waals surface area (Å²) >= 11 is 0. The molecular formula is C17H27N3O3S. The minimum absolute atomic E-state index is 0.145. The van der Waals surface area contributed by atoms with E-state index in [1.165, 1.54) is 4.31 Å². The van der Waals surface area contributed by atoms with Gasteiger partial charge in [-0.15, -0.1) is 0 Å². The van der Waals surface area contributed by atoms with E-state index in [9.17, 15) is 13.2 Å². The summed E-state index contributed by atoms with van der Waals surface area (Å²) in [7, 11) is -1.54. The molecule has 1 aromatic carbocycles. The van der Waals surface area contributed by atoms with Gasteiger partial charge in [-0.2, -0.15) is 0 Å². The van der Waals surface area contributed by atoms with Crippen molar-refractivity contribution in [2.24, 2.45) is 0 Å². The second-order valence-electron chi connectivity index (χ2n) is 6.38. The van der Waals surface area contributed by atoms with Gasteiger partial charge in [0.15, 0.2) is 0 Å². The van der Waals surface area contributed by atoms with Crippen molar-refractivity contribution in [3.8, 4) is 0 Å². The van der Waals surface area contributed by atoms with Gasteiger partial charge in [0.05, 0.1) is 11.9 Å². The van der Waals surface area contributed by atoms with E-state index in [1.807, 2.05) is 26.1 Å². The van der Waals surface area contributed by atoms with Gasteiger partial charge in [0, 0.05) is 26.2 Å². The van der Waals surface area contributed by atoms with Gasteiger partial charge in [-0.05, 0) is 38.1 Å². The highest BCUT2D eigenvalue weighted by atomic mass is 32.2. The molecule has 6 nitrogen and oxygen atoms in total. The molecule has 1 aliphatic rings. The van der Waals surface area contributed by atoms with Crippen molar-refractivity contribution in [3.05, 3.63) is 29.8 Å². The highest BCUT2D eigenvalue weighted by Crippen LogP contribution is 2.22. The molecular weight excluding hydrogens is 326 g/mol. The highest BCUT2D eigenvalue weighted by molar-refractivity contribution is 7.92. The topological polar surface area (TPSA) is 60.9 Å². The van der Waals surface area contributed by atoms with Crippen molar-refractivity contribution < 1.29 is 13.2 Å². The van der Waals surface area contributed by atoms with Crippen molar-refractivity contribution in [1.29, 1.82) is 0 Å². The maximum absolute atomic E-state index is 12.8. The molecule has 1 unspecified atom stereocenters. The van der Waals surface area contributed by atoms with E-state index in [0.29, 0.717) is 18.8 Å². The number of anilines is 1. The number of piperazine rings is 1. The molecule has 2 rings (SSSR count). The number of hydrogen-bond donors (Lipinski definition) is 0. The molecule has 1 saturated heterocycles. The molecule has 0 radical (unpaired) electrons. The fraction of sp³-hybridized carbons (Fsp3) is 0.588. The van der Waals surface area contributed by atoms with E-state index >= 15 is 0 Å². The van der Waals surface area contributed by atoms with Crippen LogP contribution in [0.3, 0.4) is 0 Å². The Kier molecular flexibility index (Phi) is 5.87. The molecule has 7 heteroatoms. The average molecular weight is 353 g/mol. The van der Waals surface area contributed by atoms with Gasteiger partial charge in [0.2, 0.25) is 15.9 Å². The monoisotopic (exact) mass is 353 g/mol. The van der Waals surface area contributed by atoms with Crippen LogP contribution in [0.2, 0.25) is 0 Å². The lowest BCUT2D eigenvalue weighted by atomic mass is 10.1. The Morgan fingerprint density at radius 2 is 1.71 bits per heavy atom. The third kappa shape index (κ3) is 4.27. The first kappa shape index (κ1) is 18.7. The highest BCUT2D eigenvalue weighted by Gasteiger charge is 2.32. The minimum atomic E-state index is -3.56. The van der Waals surface area contributed by atoms with E-state index in [-0.39, 0.29) is 5.91 Å². The average Bonchev–Trinajstić information content (AvgIpc) is 2.54. The SMILES string of the molecule is CCc1ccc(N(C(C)C(=O)N2CCN(C)CC2)S(C)(=O)=O)cc1. The van der Waals surface area contributed by atoms with Crippen LogP contribution in [0.4, 0.5) is 5.69 Å². The molecule has 1 atom stereocenters. The fourth-order valence-corrected chi connectivity index (χ4v) is 4.14. The fourth-order valence-electron chi connectivity index (χ4n) is 2.97. The van der Waals surface area contributed by atoms with E-state index in [4.69, 9.17) is 0 Å². The molecule has 0 aliphatic carbocycles. The van der Waals surface area contributed by atoms with Crippen molar-refractivity contribution in [3.63, 3.8) is 0 Å². The van der Waals surface area contributed by atoms with Crippen LogP contribution in [-0.2, 0) is 21.2 Å². The number of amides is 1. The lowest BCUT2D eigenvalue weighted by Crippen LogP contribution is -2.54. The van der Waals surface area contributed by atoms with Crippen LogP contribution in [0.1, 0.15) is 19.4 Å². The predicted octanol–water partition coefficient (Wildman–Crippen LogP) is 1.18. The maximum Gasteiger partial charge on any atom is 0.246 e. The third-order valence-electron chi connectivity index (χ3n) is 4.48. The van der Waals surface area contributed by atoms with Gasteiger partial charge in [-0.25, -0.2) is 8.42 Å². The van der Waals surface area contributed by atoms with Crippen LogP contribution in [0, 0.1) is 0 Å². The number of carbonyl (C=O) groups is 1. The van der Waals surface area contributed by atoms with Crippen molar-refractivity contribution in [1.82, 2.24) is 9.80 Å².